The van der Waals surface area contributed by atoms with Crippen LogP contribution >= 0.6 is 11.6 Å². The van der Waals surface area contributed by atoms with Crippen molar-refractivity contribution in [1.29, 1.82) is 0 Å². The maximum atomic E-state index is 11.1. The summed E-state index contributed by atoms with van der Waals surface area (Å²) in [7, 11) is 0. The van der Waals surface area contributed by atoms with Crippen LogP contribution < -0.4 is 5.73 Å². The largest absolute Gasteiger partial charge is 0.368 e. The molecule has 0 saturated carbocycles. The fourth-order valence-corrected chi connectivity index (χ4v) is 1.06. The van der Waals surface area contributed by atoms with Crippen molar-refractivity contribution in [3.63, 3.8) is 0 Å². The zero-order chi connectivity index (χ0) is 11.8. The van der Waals surface area contributed by atoms with Gasteiger partial charge in [-0.1, -0.05) is 11.6 Å². The number of carbonyl (C=O) groups excluding carboxylic acids is 1. The second-order valence-corrected chi connectivity index (χ2v) is 3.79. The Morgan fingerprint density at radius 1 is 1.73 bits per heavy atom. The normalized spacial score (nSPS) is 11.4. The molecule has 0 saturated heterocycles. The molecule has 0 aromatic carbocycles. The van der Waals surface area contributed by atoms with E-state index < -0.39 is 16.4 Å². The van der Waals surface area contributed by atoms with Gasteiger partial charge < -0.3 is 5.73 Å². The fraction of sp³-hybridized carbons (Fsp3) is 0.429. The summed E-state index contributed by atoms with van der Waals surface area (Å²) in [6.45, 7) is 2.98. The zero-order valence-electron chi connectivity index (χ0n) is 8.10. The van der Waals surface area contributed by atoms with E-state index in [1.54, 1.807) is 0 Å². The lowest BCUT2D eigenvalue weighted by atomic mass is 10.1. The molecule has 1 aromatic heterocycles. The Morgan fingerprint density at radius 3 is 2.60 bits per heavy atom. The van der Waals surface area contributed by atoms with E-state index in [2.05, 4.69) is 5.10 Å². The number of primary amides is 1. The molecule has 1 rings (SSSR count). The molecule has 82 valence electrons. The first-order valence-corrected chi connectivity index (χ1v) is 4.34. The molecule has 8 heteroatoms. The molecule has 1 heterocycles. The summed E-state index contributed by atoms with van der Waals surface area (Å²) in [5, 5.41) is 13.9. The van der Waals surface area contributed by atoms with E-state index in [-0.39, 0.29) is 10.8 Å². The van der Waals surface area contributed by atoms with Crippen LogP contribution in [0.3, 0.4) is 0 Å². The first-order valence-electron chi connectivity index (χ1n) is 3.96. The highest BCUT2D eigenvalue weighted by Crippen LogP contribution is 2.25. The van der Waals surface area contributed by atoms with Crippen molar-refractivity contribution < 1.29 is 9.72 Å². The minimum Gasteiger partial charge on any atom is -0.368 e. The van der Waals surface area contributed by atoms with Crippen molar-refractivity contribution in [2.24, 2.45) is 5.73 Å². The predicted octanol–water partition coefficient (Wildman–Crippen LogP) is 0.665. The second kappa shape index (κ2) is 3.50. The van der Waals surface area contributed by atoms with Gasteiger partial charge >= 0.3 is 5.69 Å². The fourth-order valence-electron chi connectivity index (χ4n) is 0.866. The van der Waals surface area contributed by atoms with E-state index in [0.717, 1.165) is 10.9 Å². The highest BCUT2D eigenvalue weighted by atomic mass is 35.5. The summed E-state index contributed by atoms with van der Waals surface area (Å²) in [6, 6.07) is 0. The number of amides is 1. The molecule has 0 unspecified atom stereocenters. The summed E-state index contributed by atoms with van der Waals surface area (Å²) in [4.78, 5) is 20.9. The third kappa shape index (κ3) is 1.91. The molecule has 0 aliphatic carbocycles. The topological polar surface area (TPSA) is 104 Å². The van der Waals surface area contributed by atoms with E-state index in [1.165, 1.54) is 13.8 Å². The van der Waals surface area contributed by atoms with E-state index in [1.807, 2.05) is 0 Å². The third-order valence-corrected chi connectivity index (χ3v) is 2.29. The number of aromatic nitrogens is 2. The van der Waals surface area contributed by atoms with Crippen molar-refractivity contribution in [3.8, 4) is 0 Å². The molecule has 1 amide bonds. The molecule has 7 nitrogen and oxygen atoms in total. The van der Waals surface area contributed by atoms with Crippen LogP contribution in [0.4, 0.5) is 5.69 Å². The van der Waals surface area contributed by atoms with Crippen LogP contribution in [0.5, 0.6) is 0 Å². The molecular formula is C7H9ClN4O3. The Morgan fingerprint density at radius 2 is 2.27 bits per heavy atom. The molecule has 2 N–H and O–H groups in total. The number of nitrogens with zero attached hydrogens (tertiary/aromatic N) is 3. The summed E-state index contributed by atoms with van der Waals surface area (Å²) >= 11 is 5.52. The van der Waals surface area contributed by atoms with Crippen molar-refractivity contribution in [3.05, 3.63) is 21.5 Å². The average molecular weight is 233 g/mol. The Balaban J connectivity index is 3.24. The molecule has 0 aliphatic rings. The monoisotopic (exact) mass is 232 g/mol. The number of carbonyl (C=O) groups is 1. The van der Waals surface area contributed by atoms with Gasteiger partial charge in [-0.15, -0.1) is 0 Å². The van der Waals surface area contributed by atoms with Crippen LogP contribution in [-0.2, 0) is 10.3 Å². The Hall–Kier alpha value is -1.63. The molecule has 0 radical (unpaired) electrons. The van der Waals surface area contributed by atoms with Crippen LogP contribution in [0.1, 0.15) is 13.8 Å². The minimum absolute atomic E-state index is 0.269. The molecule has 0 fully saturated rings. The number of rotatable bonds is 3. The summed E-state index contributed by atoms with van der Waals surface area (Å²) in [5.74, 6) is -0.656. The van der Waals surface area contributed by atoms with Gasteiger partial charge in [0.05, 0.1) is 4.92 Å². The first-order chi connectivity index (χ1) is 6.76. The molecule has 0 atom stereocenters. The highest BCUT2D eigenvalue weighted by molar-refractivity contribution is 6.31. The molecule has 0 aliphatic heterocycles. The van der Waals surface area contributed by atoms with E-state index >= 15 is 0 Å². The van der Waals surface area contributed by atoms with Crippen LogP contribution in [0.15, 0.2) is 6.20 Å². The van der Waals surface area contributed by atoms with Gasteiger partial charge in [0.15, 0.2) is 0 Å². The molecule has 0 bridgehead atoms. The van der Waals surface area contributed by atoms with Crippen molar-refractivity contribution in [2.75, 3.05) is 0 Å². The molecule has 15 heavy (non-hydrogen) atoms. The highest BCUT2D eigenvalue weighted by Gasteiger charge is 2.31. The minimum atomic E-state index is -1.15. The number of nitrogens with two attached hydrogens (primary N) is 1. The Kier molecular flexibility index (Phi) is 2.67. The van der Waals surface area contributed by atoms with Crippen LogP contribution in [0.25, 0.3) is 0 Å². The number of hydrogen-bond acceptors (Lipinski definition) is 4. The first kappa shape index (κ1) is 11.4. The van der Waals surface area contributed by atoms with Crippen molar-refractivity contribution >= 4 is 23.2 Å². The summed E-state index contributed by atoms with van der Waals surface area (Å²) in [5.41, 5.74) is 3.61. The summed E-state index contributed by atoms with van der Waals surface area (Å²) < 4.78 is 1.08. The number of hydrogen-bond donors (Lipinski definition) is 1. The molecule has 1 aromatic rings. The Bertz CT molecular complexity index is 426. The standard InChI is InChI=1S/C7H9ClN4O3/c1-7(2,6(9)13)11-3-4(12(14)15)5(8)10-11/h3H,1-2H3,(H2,9,13). The second-order valence-electron chi connectivity index (χ2n) is 3.43. The molecular weight excluding hydrogens is 224 g/mol. The van der Waals surface area contributed by atoms with Gasteiger partial charge in [0.2, 0.25) is 11.1 Å². The van der Waals surface area contributed by atoms with Gasteiger partial charge in [-0.05, 0) is 13.8 Å². The van der Waals surface area contributed by atoms with E-state index in [4.69, 9.17) is 17.3 Å². The predicted molar refractivity (Wildman–Crippen MR) is 52.4 cm³/mol. The smallest absolute Gasteiger partial charge is 0.325 e. The molecule has 0 spiro atoms. The average Bonchev–Trinajstić information content (AvgIpc) is 2.47. The van der Waals surface area contributed by atoms with Crippen molar-refractivity contribution in [2.45, 2.75) is 19.4 Å². The van der Waals surface area contributed by atoms with Gasteiger partial charge in [-0.3, -0.25) is 14.9 Å². The number of nitro groups is 1. The maximum Gasteiger partial charge on any atom is 0.325 e. The van der Waals surface area contributed by atoms with Gasteiger partial charge in [0.1, 0.15) is 11.7 Å². The summed E-state index contributed by atoms with van der Waals surface area (Å²) in [6.07, 6.45) is 1.08. The van der Waals surface area contributed by atoms with Crippen molar-refractivity contribution in [1.82, 2.24) is 9.78 Å². The van der Waals surface area contributed by atoms with Crippen LogP contribution in [0.2, 0.25) is 5.15 Å². The maximum absolute atomic E-state index is 11.1. The van der Waals surface area contributed by atoms with Gasteiger partial charge in [0.25, 0.3) is 0 Å². The van der Waals surface area contributed by atoms with Gasteiger partial charge in [0, 0.05) is 0 Å². The van der Waals surface area contributed by atoms with E-state index in [0.29, 0.717) is 0 Å². The van der Waals surface area contributed by atoms with Gasteiger partial charge in [-0.2, -0.15) is 5.10 Å². The third-order valence-electron chi connectivity index (χ3n) is 2.02. The lowest BCUT2D eigenvalue weighted by molar-refractivity contribution is -0.384. The van der Waals surface area contributed by atoms with E-state index in [9.17, 15) is 14.9 Å². The Labute approximate surface area is 90.0 Å². The van der Waals surface area contributed by atoms with Gasteiger partial charge in [-0.25, -0.2) is 4.68 Å². The number of halogens is 1. The lowest BCUT2D eigenvalue weighted by Gasteiger charge is -2.20. The zero-order valence-corrected chi connectivity index (χ0v) is 8.85. The van der Waals surface area contributed by atoms with Crippen LogP contribution in [0, 0.1) is 10.1 Å². The SMILES string of the molecule is CC(C)(C(N)=O)n1cc([N+](=O)[O-])c(Cl)n1. The lowest BCUT2D eigenvalue weighted by Crippen LogP contribution is -2.41. The van der Waals surface area contributed by atoms with Crippen LogP contribution in [-0.4, -0.2) is 20.6 Å². The quantitative estimate of drug-likeness (QED) is 0.611.